The Morgan fingerprint density at radius 3 is 2.93 bits per heavy atom. The molecule has 0 aromatic heterocycles. The van der Waals surface area contributed by atoms with E-state index >= 15 is 0 Å². The molecule has 0 amide bonds. The Hall–Kier alpha value is -0.570. The molecule has 1 fully saturated rings. The van der Waals surface area contributed by atoms with Crippen molar-refractivity contribution >= 4 is 5.97 Å². The summed E-state index contributed by atoms with van der Waals surface area (Å²) in [6.45, 7) is 4.41. The number of carbonyl (C=O) groups is 1. The maximum atomic E-state index is 10.8. The topological polar surface area (TPSA) is 35.5 Å². The molecule has 0 spiro atoms. The summed E-state index contributed by atoms with van der Waals surface area (Å²) >= 11 is 0. The van der Waals surface area contributed by atoms with E-state index in [-0.39, 0.29) is 12.1 Å². The smallest absolute Gasteiger partial charge is 0.302 e. The maximum Gasteiger partial charge on any atom is 0.302 e. The Kier molecular flexibility index (Phi) is 4.94. The van der Waals surface area contributed by atoms with Gasteiger partial charge < -0.3 is 9.47 Å². The monoisotopic (exact) mass is 200 g/mol. The molecule has 0 N–H and O–H groups in total. The molecule has 0 bridgehead atoms. The molecule has 1 heterocycles. The molecule has 1 rings (SSSR count). The number of rotatable bonds is 5. The summed E-state index contributed by atoms with van der Waals surface area (Å²) in [5, 5.41) is 0. The Morgan fingerprint density at radius 1 is 1.64 bits per heavy atom. The van der Waals surface area contributed by atoms with Gasteiger partial charge >= 0.3 is 5.97 Å². The van der Waals surface area contributed by atoms with Crippen LogP contribution in [0.15, 0.2) is 0 Å². The van der Waals surface area contributed by atoms with E-state index in [0.29, 0.717) is 6.10 Å². The fourth-order valence-electron chi connectivity index (χ4n) is 1.82. The third-order valence-electron chi connectivity index (χ3n) is 2.62. The first-order valence-corrected chi connectivity index (χ1v) is 5.51. The first-order valence-electron chi connectivity index (χ1n) is 5.51. The summed E-state index contributed by atoms with van der Waals surface area (Å²) in [7, 11) is 0. The van der Waals surface area contributed by atoms with Gasteiger partial charge in [-0.3, -0.25) is 4.79 Å². The fourth-order valence-corrected chi connectivity index (χ4v) is 1.82. The lowest BCUT2D eigenvalue weighted by molar-refractivity contribution is -0.147. The van der Waals surface area contributed by atoms with Crippen LogP contribution in [0.1, 0.15) is 46.0 Å². The van der Waals surface area contributed by atoms with Crippen LogP contribution >= 0.6 is 0 Å². The van der Waals surface area contributed by atoms with Crippen molar-refractivity contribution in [3.05, 3.63) is 0 Å². The van der Waals surface area contributed by atoms with E-state index in [0.717, 1.165) is 32.3 Å². The molecule has 0 aromatic rings. The van der Waals surface area contributed by atoms with Gasteiger partial charge in [-0.2, -0.15) is 0 Å². The second-order valence-corrected chi connectivity index (χ2v) is 3.85. The van der Waals surface area contributed by atoms with E-state index in [1.54, 1.807) is 0 Å². The summed E-state index contributed by atoms with van der Waals surface area (Å²) in [5.41, 5.74) is 0. The number of hydrogen-bond acceptors (Lipinski definition) is 3. The number of esters is 1. The van der Waals surface area contributed by atoms with Gasteiger partial charge in [0.2, 0.25) is 0 Å². The SMILES string of the molecule is CC[C@H](CC[C@H]1CCCO1)OC(C)=O. The second kappa shape index (κ2) is 6.02. The van der Waals surface area contributed by atoms with Crippen molar-refractivity contribution in [1.82, 2.24) is 0 Å². The van der Waals surface area contributed by atoms with Gasteiger partial charge in [0, 0.05) is 13.5 Å². The van der Waals surface area contributed by atoms with Crippen LogP contribution < -0.4 is 0 Å². The standard InChI is InChI=1S/C11H20O3/c1-3-10(14-9(2)12)6-7-11-5-4-8-13-11/h10-11H,3-8H2,1-2H3/t10-,11-/m1/s1. The molecule has 0 saturated carbocycles. The Morgan fingerprint density at radius 2 is 2.43 bits per heavy atom. The minimum atomic E-state index is -0.177. The molecule has 14 heavy (non-hydrogen) atoms. The average Bonchev–Trinajstić information content (AvgIpc) is 2.64. The summed E-state index contributed by atoms with van der Waals surface area (Å²) in [6, 6.07) is 0. The van der Waals surface area contributed by atoms with Gasteiger partial charge in [0.25, 0.3) is 0 Å². The van der Waals surface area contributed by atoms with Crippen molar-refractivity contribution in [1.29, 1.82) is 0 Å². The minimum absolute atomic E-state index is 0.0803. The van der Waals surface area contributed by atoms with E-state index < -0.39 is 0 Å². The van der Waals surface area contributed by atoms with Crippen molar-refractivity contribution in [3.63, 3.8) is 0 Å². The molecule has 0 aromatic carbocycles. The average molecular weight is 200 g/mol. The molecule has 2 atom stereocenters. The lowest BCUT2D eigenvalue weighted by Crippen LogP contribution is -2.18. The highest BCUT2D eigenvalue weighted by molar-refractivity contribution is 5.66. The van der Waals surface area contributed by atoms with Crippen LogP contribution in [0.25, 0.3) is 0 Å². The van der Waals surface area contributed by atoms with Gasteiger partial charge in [0.05, 0.1) is 6.10 Å². The van der Waals surface area contributed by atoms with E-state index in [4.69, 9.17) is 9.47 Å². The van der Waals surface area contributed by atoms with E-state index in [1.807, 2.05) is 6.92 Å². The first-order chi connectivity index (χ1) is 6.72. The lowest BCUT2D eigenvalue weighted by Gasteiger charge is -2.16. The van der Waals surface area contributed by atoms with Crippen LogP contribution in [0, 0.1) is 0 Å². The van der Waals surface area contributed by atoms with Gasteiger partial charge in [-0.15, -0.1) is 0 Å². The van der Waals surface area contributed by atoms with Crippen molar-refractivity contribution in [2.75, 3.05) is 6.61 Å². The van der Waals surface area contributed by atoms with Crippen molar-refractivity contribution in [2.24, 2.45) is 0 Å². The molecule has 0 radical (unpaired) electrons. The first kappa shape index (κ1) is 11.5. The zero-order valence-corrected chi connectivity index (χ0v) is 9.12. The van der Waals surface area contributed by atoms with Crippen LogP contribution in [0.2, 0.25) is 0 Å². The largest absolute Gasteiger partial charge is 0.463 e. The molecule has 0 aliphatic carbocycles. The minimum Gasteiger partial charge on any atom is -0.463 e. The van der Waals surface area contributed by atoms with Gasteiger partial charge in [-0.25, -0.2) is 0 Å². The Bertz CT molecular complexity index is 173. The molecular formula is C11H20O3. The summed E-state index contributed by atoms with van der Waals surface area (Å²) < 4.78 is 10.7. The normalized spacial score (nSPS) is 23.4. The Balaban J connectivity index is 2.15. The predicted octanol–water partition coefficient (Wildman–Crippen LogP) is 2.29. The van der Waals surface area contributed by atoms with Gasteiger partial charge in [0.1, 0.15) is 6.10 Å². The summed E-state index contributed by atoms with van der Waals surface area (Å²) in [6.07, 6.45) is 5.67. The molecule has 82 valence electrons. The van der Waals surface area contributed by atoms with Gasteiger partial charge in [-0.05, 0) is 32.1 Å². The molecule has 3 heteroatoms. The van der Waals surface area contributed by atoms with E-state index in [1.165, 1.54) is 13.3 Å². The molecule has 0 unspecified atom stereocenters. The molecule has 1 aliphatic heterocycles. The van der Waals surface area contributed by atoms with Crippen LogP contribution in [0.4, 0.5) is 0 Å². The van der Waals surface area contributed by atoms with E-state index in [9.17, 15) is 4.79 Å². The number of carbonyl (C=O) groups excluding carboxylic acids is 1. The van der Waals surface area contributed by atoms with Crippen LogP contribution in [0.5, 0.6) is 0 Å². The van der Waals surface area contributed by atoms with E-state index in [2.05, 4.69) is 0 Å². The summed E-state index contributed by atoms with van der Waals surface area (Å²) in [5.74, 6) is -0.177. The van der Waals surface area contributed by atoms with Crippen molar-refractivity contribution < 1.29 is 14.3 Å². The summed E-state index contributed by atoms with van der Waals surface area (Å²) in [4.78, 5) is 10.8. The third-order valence-corrected chi connectivity index (χ3v) is 2.62. The fraction of sp³-hybridized carbons (Fsp3) is 0.909. The molecule has 1 aliphatic rings. The van der Waals surface area contributed by atoms with Crippen molar-refractivity contribution in [2.45, 2.75) is 58.2 Å². The highest BCUT2D eigenvalue weighted by Crippen LogP contribution is 2.19. The molecule has 1 saturated heterocycles. The lowest BCUT2D eigenvalue weighted by atomic mass is 10.1. The van der Waals surface area contributed by atoms with Crippen molar-refractivity contribution in [3.8, 4) is 0 Å². The molecular weight excluding hydrogens is 180 g/mol. The zero-order valence-electron chi connectivity index (χ0n) is 9.12. The van der Waals surface area contributed by atoms with Crippen LogP contribution in [-0.4, -0.2) is 24.8 Å². The predicted molar refractivity (Wildman–Crippen MR) is 54.1 cm³/mol. The van der Waals surface area contributed by atoms with Gasteiger partial charge in [0.15, 0.2) is 0 Å². The Labute approximate surface area is 85.8 Å². The zero-order chi connectivity index (χ0) is 10.4. The number of hydrogen-bond donors (Lipinski definition) is 0. The highest BCUT2D eigenvalue weighted by atomic mass is 16.5. The maximum absolute atomic E-state index is 10.8. The third kappa shape index (κ3) is 4.09. The molecule has 3 nitrogen and oxygen atoms in total. The van der Waals surface area contributed by atoms with Crippen LogP contribution in [0.3, 0.4) is 0 Å². The highest BCUT2D eigenvalue weighted by Gasteiger charge is 2.18. The van der Waals surface area contributed by atoms with Gasteiger partial charge in [-0.1, -0.05) is 6.92 Å². The second-order valence-electron chi connectivity index (χ2n) is 3.85. The number of ether oxygens (including phenoxy) is 2. The van der Waals surface area contributed by atoms with Crippen LogP contribution in [-0.2, 0) is 14.3 Å². The quantitative estimate of drug-likeness (QED) is 0.639.